The van der Waals surface area contributed by atoms with Gasteiger partial charge in [-0.1, -0.05) is 12.1 Å². The Morgan fingerprint density at radius 1 is 1.17 bits per heavy atom. The molecule has 4 rings (SSSR count). The molecule has 2 aromatic heterocycles. The van der Waals surface area contributed by atoms with Gasteiger partial charge in [0.1, 0.15) is 5.52 Å². The number of thiazole rings is 1. The highest BCUT2D eigenvalue weighted by atomic mass is 32.1. The van der Waals surface area contributed by atoms with Gasteiger partial charge in [0.2, 0.25) is 11.6 Å². The molecule has 0 radical (unpaired) electrons. The molecule has 23 heavy (non-hydrogen) atoms. The van der Waals surface area contributed by atoms with Gasteiger partial charge in [0.25, 0.3) is 0 Å². The van der Waals surface area contributed by atoms with Crippen molar-refractivity contribution in [3.63, 3.8) is 0 Å². The Labute approximate surface area is 135 Å². The summed E-state index contributed by atoms with van der Waals surface area (Å²) in [7, 11) is 1.91. The van der Waals surface area contributed by atoms with Crippen molar-refractivity contribution in [3.8, 4) is 5.88 Å². The van der Waals surface area contributed by atoms with Gasteiger partial charge in [-0.2, -0.15) is 0 Å². The number of nitrogens with zero attached hydrogens (tertiary/aromatic N) is 5. The van der Waals surface area contributed by atoms with Gasteiger partial charge in [-0.05, 0) is 41.4 Å². The Kier molecular flexibility index (Phi) is 3.26. The number of fused-ring (bicyclic) bond motifs is 2. The Morgan fingerprint density at radius 2 is 1.91 bits per heavy atom. The van der Waals surface area contributed by atoms with Crippen molar-refractivity contribution in [2.75, 3.05) is 0 Å². The van der Waals surface area contributed by atoms with Crippen LogP contribution in [0.25, 0.3) is 10.2 Å². The van der Waals surface area contributed by atoms with E-state index in [1.807, 2.05) is 35.9 Å². The van der Waals surface area contributed by atoms with Crippen molar-refractivity contribution in [2.24, 2.45) is 17.3 Å². The van der Waals surface area contributed by atoms with E-state index in [1.165, 1.54) is 16.0 Å². The van der Waals surface area contributed by atoms with Gasteiger partial charge in [0, 0.05) is 13.1 Å². The number of benzene rings is 1. The van der Waals surface area contributed by atoms with Gasteiger partial charge >= 0.3 is 10.7 Å². The SMILES string of the molecule is C[n+]1c(/N=N/c2c(O)n3n(c2=O)CCCC3)sc2ccccc21. The second kappa shape index (κ2) is 5.31. The molecule has 0 bridgehead atoms. The van der Waals surface area contributed by atoms with Gasteiger partial charge in [-0.15, -0.1) is 0 Å². The molecule has 0 unspecified atom stereocenters. The van der Waals surface area contributed by atoms with Crippen molar-refractivity contribution in [1.82, 2.24) is 9.36 Å². The number of para-hydroxylation sites is 1. The first kappa shape index (κ1) is 14.1. The summed E-state index contributed by atoms with van der Waals surface area (Å²) in [6.07, 6.45) is 1.88. The molecule has 1 N–H and O–H groups in total. The average molecular weight is 330 g/mol. The number of azo groups is 1. The van der Waals surface area contributed by atoms with E-state index in [0.29, 0.717) is 18.2 Å². The number of rotatable bonds is 2. The van der Waals surface area contributed by atoms with Crippen LogP contribution in [-0.4, -0.2) is 14.5 Å². The molecular weight excluding hydrogens is 314 g/mol. The first-order valence-electron chi connectivity index (χ1n) is 7.48. The van der Waals surface area contributed by atoms with Crippen LogP contribution >= 0.6 is 11.3 Å². The number of aromatic hydroxyl groups is 1. The predicted molar refractivity (Wildman–Crippen MR) is 86.8 cm³/mol. The molecule has 7 nitrogen and oxygen atoms in total. The van der Waals surface area contributed by atoms with E-state index in [-0.39, 0.29) is 17.1 Å². The second-order valence-corrected chi connectivity index (χ2v) is 6.55. The van der Waals surface area contributed by atoms with E-state index in [2.05, 4.69) is 10.2 Å². The average Bonchev–Trinajstić information content (AvgIpc) is 3.02. The molecule has 0 fully saturated rings. The monoisotopic (exact) mass is 330 g/mol. The maximum atomic E-state index is 12.3. The van der Waals surface area contributed by atoms with Gasteiger partial charge < -0.3 is 5.11 Å². The van der Waals surface area contributed by atoms with E-state index in [4.69, 9.17) is 0 Å². The molecule has 0 saturated heterocycles. The molecule has 8 heteroatoms. The number of aryl methyl sites for hydroxylation is 1. The lowest BCUT2D eigenvalue weighted by Gasteiger charge is -2.16. The summed E-state index contributed by atoms with van der Waals surface area (Å²) in [6.45, 7) is 1.24. The van der Waals surface area contributed by atoms with Crippen LogP contribution in [0.5, 0.6) is 5.88 Å². The smallest absolute Gasteiger partial charge is 0.409 e. The second-order valence-electron chi connectivity index (χ2n) is 5.54. The van der Waals surface area contributed by atoms with Crippen LogP contribution in [0.15, 0.2) is 39.3 Å². The fraction of sp³-hybridized carbons (Fsp3) is 0.333. The van der Waals surface area contributed by atoms with Crippen molar-refractivity contribution in [2.45, 2.75) is 25.9 Å². The molecule has 1 aliphatic rings. The fourth-order valence-electron chi connectivity index (χ4n) is 2.89. The first-order valence-corrected chi connectivity index (χ1v) is 8.30. The fourth-order valence-corrected chi connectivity index (χ4v) is 3.86. The minimum atomic E-state index is -0.283. The number of aromatic nitrogens is 3. The summed E-state index contributed by atoms with van der Waals surface area (Å²) >= 11 is 1.49. The molecule has 3 aromatic rings. The third kappa shape index (κ3) is 2.17. The van der Waals surface area contributed by atoms with Crippen LogP contribution in [0.2, 0.25) is 0 Å². The Bertz CT molecular complexity index is 982. The molecule has 0 aliphatic carbocycles. The molecule has 118 valence electrons. The van der Waals surface area contributed by atoms with Crippen molar-refractivity contribution in [1.29, 1.82) is 0 Å². The van der Waals surface area contributed by atoms with E-state index >= 15 is 0 Å². The van der Waals surface area contributed by atoms with E-state index in [9.17, 15) is 9.90 Å². The first-order chi connectivity index (χ1) is 11.2. The standard InChI is InChI=1S/C15H15N5O2S/c1-18-10-6-2-3-7-11(10)23-15(18)17-16-12-13(21)19-8-4-5-9-20(19)14(12)22/h2-3,6-7H,4-5,8-9H2,1H3/p+1. The summed E-state index contributed by atoms with van der Waals surface area (Å²) in [5.41, 5.74) is 0.794. The molecular formula is C15H16N5O2S+. The largest absolute Gasteiger partial charge is 0.492 e. The molecule has 0 atom stereocenters. The predicted octanol–water partition coefficient (Wildman–Crippen LogP) is 2.60. The third-order valence-corrected chi connectivity index (χ3v) is 5.23. The van der Waals surface area contributed by atoms with Crippen LogP contribution < -0.4 is 10.1 Å². The zero-order valence-electron chi connectivity index (χ0n) is 12.6. The van der Waals surface area contributed by atoms with Crippen molar-refractivity contribution < 1.29 is 9.67 Å². The molecule has 0 saturated carbocycles. The highest BCUT2D eigenvalue weighted by molar-refractivity contribution is 7.21. The van der Waals surface area contributed by atoms with Gasteiger partial charge in [0.15, 0.2) is 0 Å². The zero-order chi connectivity index (χ0) is 16.0. The highest BCUT2D eigenvalue weighted by Gasteiger charge is 2.24. The topological polar surface area (TPSA) is 75.8 Å². The molecule has 0 amide bonds. The van der Waals surface area contributed by atoms with Crippen molar-refractivity contribution >= 4 is 32.4 Å². The van der Waals surface area contributed by atoms with Crippen LogP contribution in [0.1, 0.15) is 12.8 Å². The minimum Gasteiger partial charge on any atom is -0.492 e. The van der Waals surface area contributed by atoms with E-state index < -0.39 is 0 Å². The third-order valence-electron chi connectivity index (χ3n) is 4.12. The maximum Gasteiger partial charge on any atom is 0.409 e. The summed E-state index contributed by atoms with van der Waals surface area (Å²) in [5, 5.41) is 19.2. The lowest BCUT2D eigenvalue weighted by atomic mass is 10.3. The van der Waals surface area contributed by atoms with Gasteiger partial charge in [-0.25, -0.2) is 13.9 Å². The summed E-state index contributed by atoms with van der Waals surface area (Å²) in [6, 6.07) is 7.96. The van der Waals surface area contributed by atoms with E-state index in [1.54, 1.807) is 4.68 Å². The lowest BCUT2D eigenvalue weighted by Crippen LogP contribution is -2.26. The molecule has 3 heterocycles. The van der Waals surface area contributed by atoms with Gasteiger partial charge in [-0.3, -0.25) is 4.79 Å². The molecule has 0 spiro atoms. The minimum absolute atomic E-state index is 0.0179. The normalized spacial score (nSPS) is 14.7. The zero-order valence-corrected chi connectivity index (χ0v) is 13.5. The maximum absolute atomic E-state index is 12.3. The van der Waals surface area contributed by atoms with Crippen LogP contribution in [0.3, 0.4) is 0 Å². The Balaban J connectivity index is 1.78. The summed E-state index contributed by atoms with van der Waals surface area (Å²) in [5.74, 6) is -0.0952. The van der Waals surface area contributed by atoms with Gasteiger partial charge in [0.05, 0.1) is 16.9 Å². The summed E-state index contributed by atoms with van der Waals surface area (Å²) in [4.78, 5) is 12.3. The molecule has 1 aliphatic heterocycles. The molecule has 1 aromatic carbocycles. The van der Waals surface area contributed by atoms with Crippen LogP contribution in [0.4, 0.5) is 10.8 Å². The Hall–Kier alpha value is -2.48. The van der Waals surface area contributed by atoms with E-state index in [0.717, 1.165) is 23.1 Å². The van der Waals surface area contributed by atoms with Crippen LogP contribution in [-0.2, 0) is 20.1 Å². The lowest BCUT2D eigenvalue weighted by molar-refractivity contribution is -0.627. The number of hydrogen-bond acceptors (Lipinski definition) is 5. The highest BCUT2D eigenvalue weighted by Crippen LogP contribution is 2.30. The summed E-state index contributed by atoms with van der Waals surface area (Å²) < 4.78 is 6.15. The quantitative estimate of drug-likeness (QED) is 0.579. The van der Waals surface area contributed by atoms with Crippen molar-refractivity contribution in [3.05, 3.63) is 34.6 Å². The van der Waals surface area contributed by atoms with Crippen LogP contribution in [0, 0.1) is 0 Å². The Morgan fingerprint density at radius 3 is 2.65 bits per heavy atom. The number of hydrogen-bond donors (Lipinski definition) is 1.